The second-order valence-electron chi connectivity index (χ2n) is 15.0. The molecule has 0 bridgehead atoms. The molecule has 2 aliphatic rings. The summed E-state index contributed by atoms with van der Waals surface area (Å²) in [5, 5.41) is 0. The molecule has 0 aromatic heterocycles. The molecular weight excluding hydrogens is 336 g/mol. The quantitative estimate of drug-likeness (QED) is 0.418. The fourth-order valence-corrected chi connectivity index (χ4v) is 7.25. The normalized spacial score (nSPS) is 36.4. The summed E-state index contributed by atoms with van der Waals surface area (Å²) in [5.41, 5.74) is 1.76. The molecule has 0 nitrogen and oxygen atoms in total. The lowest BCUT2D eigenvalue weighted by Gasteiger charge is -2.54. The Morgan fingerprint density at radius 3 is 0.821 bits per heavy atom. The zero-order chi connectivity index (χ0) is 21.7. The van der Waals surface area contributed by atoms with Crippen molar-refractivity contribution < 1.29 is 0 Å². The van der Waals surface area contributed by atoms with Gasteiger partial charge in [-0.25, -0.2) is 0 Å². The van der Waals surface area contributed by atoms with E-state index in [0.29, 0.717) is 21.7 Å². The van der Waals surface area contributed by atoms with Crippen molar-refractivity contribution >= 4 is 0 Å². The van der Waals surface area contributed by atoms with E-state index >= 15 is 0 Å². The monoisotopic (exact) mass is 390 g/mol. The van der Waals surface area contributed by atoms with Crippen molar-refractivity contribution in [1.29, 1.82) is 0 Å². The summed E-state index contributed by atoms with van der Waals surface area (Å²) < 4.78 is 0. The van der Waals surface area contributed by atoms with E-state index in [1.165, 1.54) is 38.5 Å². The third-order valence-electron chi connectivity index (χ3n) is 8.90. The first-order valence-corrected chi connectivity index (χ1v) is 12.4. The van der Waals surface area contributed by atoms with Gasteiger partial charge in [0.1, 0.15) is 0 Å². The standard InChI is InChI=1S/C28H54/c1-25(2,3)21-15-13-19(17-23(21)27(7,8)9)20-14-16-22(26(4,5)6)24(18-20)28(10,11)12/h19-24H,13-18H2,1-12H3. The largest absolute Gasteiger partial charge is 0.0599 e. The minimum Gasteiger partial charge on any atom is -0.0599 e. The summed E-state index contributed by atoms with van der Waals surface area (Å²) in [7, 11) is 0. The predicted molar refractivity (Wildman–Crippen MR) is 126 cm³/mol. The molecule has 6 atom stereocenters. The van der Waals surface area contributed by atoms with Gasteiger partial charge in [0.2, 0.25) is 0 Å². The maximum absolute atomic E-state index is 2.51. The molecule has 0 N–H and O–H groups in total. The molecule has 2 fully saturated rings. The molecule has 2 rings (SSSR count). The van der Waals surface area contributed by atoms with E-state index in [9.17, 15) is 0 Å². The van der Waals surface area contributed by atoms with Crippen LogP contribution in [0, 0.1) is 57.2 Å². The Bertz CT molecular complexity index is 450. The molecule has 0 radical (unpaired) electrons. The third-order valence-corrected chi connectivity index (χ3v) is 8.90. The average molecular weight is 391 g/mol. The van der Waals surface area contributed by atoms with Gasteiger partial charge < -0.3 is 0 Å². The Labute approximate surface area is 179 Å². The third kappa shape index (κ3) is 5.57. The van der Waals surface area contributed by atoms with E-state index in [0.717, 1.165) is 35.5 Å². The van der Waals surface area contributed by atoms with E-state index in [-0.39, 0.29) is 0 Å². The van der Waals surface area contributed by atoms with Crippen LogP contribution in [-0.4, -0.2) is 0 Å². The van der Waals surface area contributed by atoms with Gasteiger partial charge in [0, 0.05) is 0 Å². The van der Waals surface area contributed by atoms with Crippen molar-refractivity contribution in [2.24, 2.45) is 57.2 Å². The van der Waals surface area contributed by atoms with Gasteiger partial charge in [0.15, 0.2) is 0 Å². The topological polar surface area (TPSA) is 0 Å². The predicted octanol–water partition coefficient (Wildman–Crippen LogP) is 9.24. The van der Waals surface area contributed by atoms with Crippen molar-refractivity contribution in [3.8, 4) is 0 Å². The molecule has 0 aromatic carbocycles. The molecule has 2 saturated carbocycles. The molecular formula is C28H54. The minimum atomic E-state index is 0.433. The van der Waals surface area contributed by atoms with Crippen LogP contribution in [0.1, 0.15) is 122 Å². The molecule has 0 spiro atoms. The highest BCUT2D eigenvalue weighted by molar-refractivity contribution is 4.97. The van der Waals surface area contributed by atoms with Crippen molar-refractivity contribution in [2.45, 2.75) is 122 Å². The van der Waals surface area contributed by atoms with Crippen LogP contribution < -0.4 is 0 Å². The minimum absolute atomic E-state index is 0.433. The second kappa shape index (κ2) is 7.92. The summed E-state index contributed by atoms with van der Waals surface area (Å²) in [5.74, 6) is 5.45. The summed E-state index contributed by atoms with van der Waals surface area (Å²) in [6.45, 7) is 30.0. The fraction of sp³-hybridized carbons (Fsp3) is 1.00. The van der Waals surface area contributed by atoms with Gasteiger partial charge in [-0.1, -0.05) is 83.1 Å². The average Bonchev–Trinajstić information content (AvgIpc) is 2.50. The summed E-state index contributed by atoms with van der Waals surface area (Å²) in [6.07, 6.45) is 8.83. The smallest absolute Gasteiger partial charge is 0.0329 e. The van der Waals surface area contributed by atoms with E-state index in [2.05, 4.69) is 83.1 Å². The maximum Gasteiger partial charge on any atom is -0.0329 e. The van der Waals surface area contributed by atoms with Crippen LogP contribution in [0.5, 0.6) is 0 Å². The van der Waals surface area contributed by atoms with Gasteiger partial charge in [-0.2, -0.15) is 0 Å². The first-order valence-electron chi connectivity index (χ1n) is 12.4. The van der Waals surface area contributed by atoms with Crippen molar-refractivity contribution in [1.82, 2.24) is 0 Å². The van der Waals surface area contributed by atoms with E-state index in [1.807, 2.05) is 0 Å². The number of hydrogen-bond donors (Lipinski definition) is 0. The summed E-state index contributed by atoms with van der Waals surface area (Å²) in [6, 6.07) is 0. The Hall–Kier alpha value is 0. The Morgan fingerprint density at radius 1 is 0.357 bits per heavy atom. The second-order valence-corrected chi connectivity index (χ2v) is 15.0. The highest BCUT2D eigenvalue weighted by Gasteiger charge is 2.48. The molecule has 166 valence electrons. The fourth-order valence-electron chi connectivity index (χ4n) is 7.25. The zero-order valence-electron chi connectivity index (χ0n) is 21.7. The summed E-state index contributed by atoms with van der Waals surface area (Å²) in [4.78, 5) is 0. The van der Waals surface area contributed by atoms with Gasteiger partial charge in [0.05, 0.1) is 0 Å². The lowest BCUT2D eigenvalue weighted by molar-refractivity contribution is -0.0389. The van der Waals surface area contributed by atoms with Crippen LogP contribution in [0.2, 0.25) is 0 Å². The molecule has 28 heavy (non-hydrogen) atoms. The first-order chi connectivity index (χ1) is 12.4. The van der Waals surface area contributed by atoms with E-state index in [1.54, 1.807) is 0 Å². The molecule has 0 aromatic rings. The van der Waals surface area contributed by atoms with Crippen molar-refractivity contribution in [3.63, 3.8) is 0 Å². The highest BCUT2D eigenvalue weighted by Crippen LogP contribution is 2.57. The van der Waals surface area contributed by atoms with Crippen LogP contribution in [0.4, 0.5) is 0 Å². The molecule has 0 saturated heterocycles. The molecule has 6 unspecified atom stereocenters. The van der Waals surface area contributed by atoms with E-state index < -0.39 is 0 Å². The van der Waals surface area contributed by atoms with Crippen molar-refractivity contribution in [2.75, 3.05) is 0 Å². The van der Waals surface area contributed by atoms with Gasteiger partial charge in [-0.05, 0) is 95.7 Å². The van der Waals surface area contributed by atoms with E-state index in [4.69, 9.17) is 0 Å². The zero-order valence-corrected chi connectivity index (χ0v) is 21.7. The molecule has 2 aliphatic carbocycles. The molecule has 0 heterocycles. The Kier molecular flexibility index (Phi) is 6.87. The molecule has 0 amide bonds. The van der Waals surface area contributed by atoms with Crippen LogP contribution in [0.25, 0.3) is 0 Å². The molecule has 0 aliphatic heterocycles. The SMILES string of the molecule is CC(C)(C)C1CCC(C2CCC(C(C)(C)C)C(C(C)(C)C)C2)CC1C(C)(C)C. The Balaban J connectivity index is 2.20. The van der Waals surface area contributed by atoms with Crippen LogP contribution in [0.3, 0.4) is 0 Å². The Morgan fingerprint density at radius 2 is 0.607 bits per heavy atom. The van der Waals surface area contributed by atoms with Gasteiger partial charge in [-0.3, -0.25) is 0 Å². The van der Waals surface area contributed by atoms with Crippen LogP contribution in [-0.2, 0) is 0 Å². The lowest BCUT2D eigenvalue weighted by atomic mass is 9.52. The van der Waals surface area contributed by atoms with Crippen LogP contribution in [0.15, 0.2) is 0 Å². The van der Waals surface area contributed by atoms with Gasteiger partial charge in [-0.15, -0.1) is 0 Å². The van der Waals surface area contributed by atoms with Crippen LogP contribution >= 0.6 is 0 Å². The number of hydrogen-bond acceptors (Lipinski definition) is 0. The maximum atomic E-state index is 2.51. The summed E-state index contributed by atoms with van der Waals surface area (Å²) >= 11 is 0. The van der Waals surface area contributed by atoms with Gasteiger partial charge >= 0.3 is 0 Å². The van der Waals surface area contributed by atoms with Gasteiger partial charge in [0.25, 0.3) is 0 Å². The first kappa shape index (κ1) is 24.3. The highest BCUT2D eigenvalue weighted by atomic mass is 14.5. The molecule has 0 heteroatoms. The number of rotatable bonds is 1. The lowest BCUT2D eigenvalue weighted by Crippen LogP contribution is -2.45. The van der Waals surface area contributed by atoms with Crippen molar-refractivity contribution in [3.05, 3.63) is 0 Å².